The molecule has 2 aliphatic heterocycles. The molecule has 2 heterocycles. The highest BCUT2D eigenvalue weighted by atomic mass is 32.2. The van der Waals surface area contributed by atoms with Crippen molar-refractivity contribution in [3.05, 3.63) is 53.6 Å². The fraction of sp³-hybridized carbons (Fsp3) is 0.458. The number of hydrogen-bond acceptors (Lipinski definition) is 4. The van der Waals surface area contributed by atoms with Crippen molar-refractivity contribution in [1.29, 1.82) is 0 Å². The van der Waals surface area contributed by atoms with Crippen LogP contribution < -0.4 is 4.90 Å². The summed E-state index contributed by atoms with van der Waals surface area (Å²) in [6, 6.07) is 13.7. The van der Waals surface area contributed by atoms with E-state index in [-0.39, 0.29) is 11.8 Å². The Morgan fingerprint density at radius 1 is 0.935 bits per heavy atom. The van der Waals surface area contributed by atoms with Gasteiger partial charge in [0.15, 0.2) is 0 Å². The number of benzene rings is 2. The van der Waals surface area contributed by atoms with E-state index in [1.807, 2.05) is 35.2 Å². The number of piperidine rings is 1. The molecule has 0 spiro atoms. The summed E-state index contributed by atoms with van der Waals surface area (Å²) in [7, 11) is -3.51. The van der Waals surface area contributed by atoms with Gasteiger partial charge in [-0.25, -0.2) is 8.42 Å². The van der Waals surface area contributed by atoms with Gasteiger partial charge in [0.25, 0.3) is 0 Å². The van der Waals surface area contributed by atoms with E-state index in [2.05, 4.69) is 6.07 Å². The predicted octanol–water partition coefficient (Wildman–Crippen LogP) is 4.11. The number of carbonyl (C=O) groups excluding carboxylic acids is 1. The van der Waals surface area contributed by atoms with Crippen molar-refractivity contribution >= 4 is 33.4 Å². The molecular formula is C24H28N2O3S2. The van der Waals surface area contributed by atoms with Crippen molar-refractivity contribution in [2.75, 3.05) is 30.3 Å². The molecule has 7 heteroatoms. The molecule has 1 saturated heterocycles. The fourth-order valence-electron chi connectivity index (χ4n) is 4.98. The number of aryl methyl sites for hydroxylation is 2. The number of nitrogens with zero attached hydrogens (tertiary/aromatic N) is 2. The maximum Gasteiger partial charge on any atom is 0.243 e. The molecule has 31 heavy (non-hydrogen) atoms. The van der Waals surface area contributed by atoms with Crippen LogP contribution >= 0.6 is 11.8 Å². The van der Waals surface area contributed by atoms with Crippen molar-refractivity contribution in [3.63, 3.8) is 0 Å². The normalized spacial score (nSPS) is 20.2. The summed E-state index contributed by atoms with van der Waals surface area (Å²) in [6.45, 7) is 1.54. The van der Waals surface area contributed by atoms with Crippen LogP contribution in [-0.2, 0) is 27.7 Å². The highest BCUT2D eigenvalue weighted by Crippen LogP contribution is 2.36. The van der Waals surface area contributed by atoms with Crippen LogP contribution in [0.15, 0.2) is 52.3 Å². The van der Waals surface area contributed by atoms with Crippen LogP contribution in [0.25, 0.3) is 0 Å². The first-order valence-corrected chi connectivity index (χ1v) is 13.6. The van der Waals surface area contributed by atoms with Gasteiger partial charge < -0.3 is 4.90 Å². The van der Waals surface area contributed by atoms with Crippen molar-refractivity contribution in [2.45, 2.75) is 48.3 Å². The Balaban J connectivity index is 1.29. The first-order chi connectivity index (χ1) is 15.0. The van der Waals surface area contributed by atoms with Crippen molar-refractivity contribution in [1.82, 2.24) is 4.31 Å². The molecule has 2 aromatic carbocycles. The van der Waals surface area contributed by atoms with Gasteiger partial charge in [-0.2, -0.15) is 4.31 Å². The van der Waals surface area contributed by atoms with E-state index in [0.717, 1.165) is 48.6 Å². The second kappa shape index (κ2) is 8.60. The van der Waals surface area contributed by atoms with E-state index in [4.69, 9.17) is 0 Å². The number of rotatable bonds is 3. The van der Waals surface area contributed by atoms with Gasteiger partial charge in [-0.1, -0.05) is 18.2 Å². The van der Waals surface area contributed by atoms with Crippen molar-refractivity contribution in [3.8, 4) is 0 Å². The predicted molar refractivity (Wildman–Crippen MR) is 124 cm³/mol. The third-order valence-electron chi connectivity index (χ3n) is 6.72. The van der Waals surface area contributed by atoms with Gasteiger partial charge in [-0.05, 0) is 79.7 Å². The molecule has 0 radical (unpaired) electrons. The summed E-state index contributed by atoms with van der Waals surface area (Å²) in [5.41, 5.74) is 3.45. The van der Waals surface area contributed by atoms with Crippen molar-refractivity contribution in [2.24, 2.45) is 5.92 Å². The van der Waals surface area contributed by atoms with Gasteiger partial charge in [0, 0.05) is 30.4 Å². The van der Waals surface area contributed by atoms with Gasteiger partial charge in [0.1, 0.15) is 0 Å². The Morgan fingerprint density at radius 3 is 2.55 bits per heavy atom. The van der Waals surface area contributed by atoms with Gasteiger partial charge in [-0.3, -0.25) is 4.79 Å². The fourth-order valence-corrected chi connectivity index (χ4v) is 7.49. The van der Waals surface area contributed by atoms with Gasteiger partial charge >= 0.3 is 0 Å². The minimum atomic E-state index is -3.51. The number of carbonyl (C=O) groups is 1. The summed E-state index contributed by atoms with van der Waals surface area (Å²) in [6.07, 6.45) is 5.23. The Morgan fingerprint density at radius 2 is 1.71 bits per heavy atom. The lowest BCUT2D eigenvalue weighted by molar-refractivity contribution is -0.123. The summed E-state index contributed by atoms with van der Waals surface area (Å²) in [4.78, 5) is 16.9. The second-order valence-electron chi connectivity index (χ2n) is 8.62. The molecule has 5 nitrogen and oxygen atoms in total. The first-order valence-electron chi connectivity index (χ1n) is 11.2. The lowest BCUT2D eigenvalue weighted by Crippen LogP contribution is -2.44. The molecular weight excluding hydrogens is 428 g/mol. The van der Waals surface area contributed by atoms with Crippen molar-refractivity contribution < 1.29 is 13.2 Å². The van der Waals surface area contributed by atoms with Gasteiger partial charge in [-0.15, -0.1) is 11.8 Å². The van der Waals surface area contributed by atoms with Crippen LogP contribution in [0.3, 0.4) is 0 Å². The molecule has 2 aromatic rings. The molecule has 0 N–H and O–H groups in total. The molecule has 0 bridgehead atoms. The van der Waals surface area contributed by atoms with Crippen LogP contribution in [0.5, 0.6) is 0 Å². The number of amides is 1. The molecule has 0 saturated carbocycles. The largest absolute Gasteiger partial charge is 0.311 e. The summed E-state index contributed by atoms with van der Waals surface area (Å²) >= 11 is 1.81. The quantitative estimate of drug-likeness (QED) is 0.698. The lowest BCUT2D eigenvalue weighted by Gasteiger charge is -2.33. The zero-order chi connectivity index (χ0) is 21.4. The number of sulfonamides is 1. The average Bonchev–Trinajstić information content (AvgIpc) is 3.17. The summed E-state index contributed by atoms with van der Waals surface area (Å²) in [5, 5.41) is 0. The number of thioether (sulfide) groups is 1. The molecule has 0 aromatic heterocycles. The monoisotopic (exact) mass is 456 g/mol. The molecule has 0 unspecified atom stereocenters. The third kappa shape index (κ3) is 4.03. The number of para-hydroxylation sites is 1. The van der Waals surface area contributed by atoms with Crippen LogP contribution in [-0.4, -0.2) is 44.0 Å². The number of anilines is 1. The van der Waals surface area contributed by atoms with E-state index < -0.39 is 10.0 Å². The maximum atomic E-state index is 13.4. The first kappa shape index (κ1) is 21.0. The lowest BCUT2D eigenvalue weighted by atomic mass is 9.96. The number of fused-ring (bicyclic) bond motifs is 2. The van der Waals surface area contributed by atoms with E-state index in [1.54, 1.807) is 22.1 Å². The van der Waals surface area contributed by atoms with Crippen LogP contribution in [0.4, 0.5) is 5.69 Å². The minimum Gasteiger partial charge on any atom is -0.311 e. The zero-order valence-corrected chi connectivity index (χ0v) is 19.3. The maximum absolute atomic E-state index is 13.4. The molecule has 0 atom stereocenters. The molecule has 5 rings (SSSR count). The summed E-state index contributed by atoms with van der Waals surface area (Å²) in [5.74, 6) is 1.03. The Labute approximate surface area is 188 Å². The molecule has 1 amide bonds. The summed E-state index contributed by atoms with van der Waals surface area (Å²) < 4.78 is 28.0. The highest BCUT2D eigenvalue weighted by molar-refractivity contribution is 7.99. The van der Waals surface area contributed by atoms with Crippen LogP contribution in [0.2, 0.25) is 0 Å². The SMILES string of the molecule is O=C(C1CCN(S(=O)(=O)c2ccc3c(c2)CCC3)CC1)N1CCCSc2ccccc21. The van der Waals surface area contributed by atoms with E-state index in [9.17, 15) is 13.2 Å². The Hall–Kier alpha value is -1.83. The van der Waals surface area contributed by atoms with E-state index in [0.29, 0.717) is 30.8 Å². The van der Waals surface area contributed by atoms with E-state index in [1.165, 1.54) is 11.1 Å². The molecule has 164 valence electrons. The molecule has 1 aliphatic carbocycles. The van der Waals surface area contributed by atoms with E-state index >= 15 is 0 Å². The van der Waals surface area contributed by atoms with Crippen LogP contribution in [0, 0.1) is 5.92 Å². The highest BCUT2D eigenvalue weighted by Gasteiger charge is 2.35. The molecule has 1 fully saturated rings. The average molecular weight is 457 g/mol. The Kier molecular flexibility index (Phi) is 5.84. The minimum absolute atomic E-state index is 0.123. The third-order valence-corrected chi connectivity index (χ3v) is 9.76. The van der Waals surface area contributed by atoms with Crippen LogP contribution in [0.1, 0.15) is 36.8 Å². The van der Waals surface area contributed by atoms with Gasteiger partial charge in [0.2, 0.25) is 15.9 Å². The second-order valence-corrected chi connectivity index (χ2v) is 11.7. The zero-order valence-electron chi connectivity index (χ0n) is 17.6. The Bertz CT molecular complexity index is 1090. The smallest absolute Gasteiger partial charge is 0.243 e. The standard InChI is InChI=1S/C24H28N2O3S2/c27-24(26-13-4-16-30-23-8-2-1-7-22(23)26)19-11-14-25(15-12-19)31(28,29)21-10-9-18-5-3-6-20(18)17-21/h1-2,7-10,17,19H,3-6,11-16H2. The number of hydrogen-bond donors (Lipinski definition) is 0. The van der Waals surface area contributed by atoms with Gasteiger partial charge in [0.05, 0.1) is 10.6 Å². The molecule has 3 aliphatic rings. The topological polar surface area (TPSA) is 57.7 Å².